The number of nitrogens with one attached hydrogen (secondary N) is 3. The molecule has 4 N–H and O–H groups in total. The number of hydrogen-bond acceptors (Lipinski definition) is 8. The molecule has 0 bridgehead atoms. The molecule has 1 fully saturated rings. The highest BCUT2D eigenvalue weighted by Gasteiger charge is 2.43. The fourth-order valence-electron chi connectivity index (χ4n) is 5.36. The van der Waals surface area contributed by atoms with Gasteiger partial charge in [0.1, 0.15) is 40.1 Å². The Hall–Kier alpha value is -5.30. The molecule has 0 saturated carbocycles. The number of amides is 3. The summed E-state index contributed by atoms with van der Waals surface area (Å²) >= 11 is 0. The first kappa shape index (κ1) is 28.8. The van der Waals surface area contributed by atoms with Crippen molar-refractivity contribution in [1.82, 2.24) is 25.5 Å². The number of rotatable bonds is 8. The first-order valence-corrected chi connectivity index (χ1v) is 13.6. The quantitative estimate of drug-likeness (QED) is 0.236. The SMILES string of the molecule is COc1ccc(CN2Cc3nc(-c4c(F)cccc4F)nc(Nc4ccc(C5(C)NC(=O)NC5O)cc4)c3C2=O)c(OC)c1. The number of aliphatic hydroxyl groups is 1. The van der Waals surface area contributed by atoms with Crippen molar-refractivity contribution in [3.05, 3.63) is 94.7 Å². The topological polar surface area (TPSA) is 138 Å². The fraction of sp³-hybridized carbons (Fsp3) is 0.226. The van der Waals surface area contributed by atoms with E-state index in [1.54, 1.807) is 56.5 Å². The lowest BCUT2D eigenvalue weighted by Crippen LogP contribution is -2.43. The Morgan fingerprint density at radius 3 is 2.39 bits per heavy atom. The maximum absolute atomic E-state index is 14.8. The van der Waals surface area contributed by atoms with Crippen LogP contribution in [0.5, 0.6) is 11.5 Å². The second-order valence-corrected chi connectivity index (χ2v) is 10.6. The normalized spacial score (nSPS) is 19.0. The van der Waals surface area contributed by atoms with Crippen molar-refractivity contribution in [2.75, 3.05) is 19.5 Å². The van der Waals surface area contributed by atoms with Crippen LogP contribution in [-0.4, -0.2) is 52.4 Å². The van der Waals surface area contributed by atoms with E-state index in [2.05, 4.69) is 25.9 Å². The number of urea groups is 1. The predicted octanol–water partition coefficient (Wildman–Crippen LogP) is 4.19. The second kappa shape index (κ2) is 11.1. The van der Waals surface area contributed by atoms with Gasteiger partial charge in [0.05, 0.1) is 38.6 Å². The predicted molar refractivity (Wildman–Crippen MR) is 155 cm³/mol. The Balaban J connectivity index is 1.37. The van der Waals surface area contributed by atoms with Crippen LogP contribution < -0.4 is 25.4 Å². The highest BCUT2D eigenvalue weighted by atomic mass is 19.1. The van der Waals surface area contributed by atoms with Crippen molar-refractivity contribution >= 4 is 23.4 Å². The number of aromatic nitrogens is 2. The monoisotopic (exact) mass is 602 g/mol. The van der Waals surface area contributed by atoms with Crippen molar-refractivity contribution in [1.29, 1.82) is 0 Å². The first-order chi connectivity index (χ1) is 21.1. The third kappa shape index (κ3) is 5.00. The van der Waals surface area contributed by atoms with Crippen LogP contribution >= 0.6 is 0 Å². The summed E-state index contributed by atoms with van der Waals surface area (Å²) in [6, 6.07) is 15.0. The summed E-state index contributed by atoms with van der Waals surface area (Å²) in [5, 5.41) is 18.6. The average molecular weight is 603 g/mol. The van der Waals surface area contributed by atoms with Crippen molar-refractivity contribution in [3.8, 4) is 22.9 Å². The Kier molecular flexibility index (Phi) is 7.25. The van der Waals surface area contributed by atoms with Crippen molar-refractivity contribution < 1.29 is 33.0 Å². The maximum atomic E-state index is 14.8. The number of halogens is 2. The van der Waals surface area contributed by atoms with Gasteiger partial charge in [-0.05, 0) is 48.9 Å². The zero-order chi connectivity index (χ0) is 31.2. The smallest absolute Gasteiger partial charge is 0.317 e. The standard InChI is InChI=1S/C31H28F2N6O5/c1-31(29(41)37-30(42)38-31)17-8-10-18(11-9-17)34-27-25-22(35-26(36-27)24-20(32)5-4-6-21(24)33)15-39(28(25)40)14-16-7-12-19(43-2)13-23(16)44-3/h4-13,29,41H,14-15H2,1-3H3,(H,34,35,36)(H2,37,38,42). The van der Waals surface area contributed by atoms with Gasteiger partial charge in [0.25, 0.3) is 5.91 Å². The zero-order valence-corrected chi connectivity index (χ0v) is 23.9. The van der Waals surface area contributed by atoms with Gasteiger partial charge in [-0.2, -0.15) is 0 Å². The Labute approximate surface area is 250 Å². The molecule has 0 radical (unpaired) electrons. The molecule has 11 nitrogen and oxygen atoms in total. The van der Waals surface area contributed by atoms with Crippen LogP contribution in [0.3, 0.4) is 0 Å². The van der Waals surface area contributed by atoms with Crippen molar-refractivity contribution in [2.45, 2.75) is 31.8 Å². The molecule has 0 aliphatic carbocycles. The second-order valence-electron chi connectivity index (χ2n) is 10.6. The molecule has 0 spiro atoms. The van der Waals surface area contributed by atoms with Gasteiger partial charge >= 0.3 is 6.03 Å². The van der Waals surface area contributed by atoms with E-state index in [9.17, 15) is 23.5 Å². The van der Waals surface area contributed by atoms with Crippen molar-refractivity contribution in [3.63, 3.8) is 0 Å². The number of carbonyl (C=O) groups is 2. The summed E-state index contributed by atoms with van der Waals surface area (Å²) in [7, 11) is 3.06. The summed E-state index contributed by atoms with van der Waals surface area (Å²) in [4.78, 5) is 35.9. The van der Waals surface area contributed by atoms with Crippen LogP contribution in [0.2, 0.25) is 0 Å². The molecule has 44 heavy (non-hydrogen) atoms. The molecule has 2 aliphatic heterocycles. The molecular formula is C31H28F2N6O5. The number of benzene rings is 3. The minimum absolute atomic E-state index is 0.0610. The third-order valence-corrected chi connectivity index (χ3v) is 7.80. The van der Waals surface area contributed by atoms with Gasteiger partial charge in [-0.3, -0.25) is 4.79 Å². The van der Waals surface area contributed by atoms with Crippen LogP contribution in [0.15, 0.2) is 60.7 Å². The van der Waals surface area contributed by atoms with Crippen molar-refractivity contribution in [2.24, 2.45) is 0 Å². The minimum atomic E-state index is -1.15. The minimum Gasteiger partial charge on any atom is -0.497 e. The number of methoxy groups -OCH3 is 2. The molecule has 2 atom stereocenters. The fourth-order valence-corrected chi connectivity index (χ4v) is 5.36. The van der Waals surface area contributed by atoms with Gasteiger partial charge in [0, 0.05) is 17.3 Å². The van der Waals surface area contributed by atoms with E-state index < -0.39 is 35.0 Å². The summed E-state index contributed by atoms with van der Waals surface area (Å²) in [6.07, 6.45) is -1.15. The van der Waals surface area contributed by atoms with E-state index in [0.717, 1.165) is 17.7 Å². The van der Waals surface area contributed by atoms with Gasteiger partial charge in [0.15, 0.2) is 12.1 Å². The molecule has 3 amide bonds. The summed E-state index contributed by atoms with van der Waals surface area (Å²) in [5.74, 6) is -1.10. The van der Waals surface area contributed by atoms with Gasteiger partial charge < -0.3 is 35.4 Å². The molecule has 3 heterocycles. The largest absolute Gasteiger partial charge is 0.497 e. The number of hydrogen-bond donors (Lipinski definition) is 4. The molecule has 1 saturated heterocycles. The highest BCUT2D eigenvalue weighted by Crippen LogP contribution is 2.36. The Morgan fingerprint density at radius 1 is 1.02 bits per heavy atom. The molecular weight excluding hydrogens is 574 g/mol. The zero-order valence-electron chi connectivity index (χ0n) is 23.9. The van der Waals surface area contributed by atoms with Crippen LogP contribution in [0.1, 0.15) is 34.1 Å². The van der Waals surface area contributed by atoms with Crippen LogP contribution in [0, 0.1) is 11.6 Å². The van der Waals surface area contributed by atoms with Crippen LogP contribution in [-0.2, 0) is 18.6 Å². The third-order valence-electron chi connectivity index (χ3n) is 7.80. The number of fused-ring (bicyclic) bond motifs is 1. The number of nitrogens with zero attached hydrogens (tertiary/aromatic N) is 3. The molecule has 1 aromatic heterocycles. The van der Waals surface area contributed by atoms with Crippen LogP contribution in [0.25, 0.3) is 11.4 Å². The van der Waals surface area contributed by atoms with E-state index in [0.29, 0.717) is 28.4 Å². The maximum Gasteiger partial charge on any atom is 0.317 e. The number of aliphatic hydroxyl groups excluding tert-OH is 1. The average Bonchev–Trinajstić information content (AvgIpc) is 3.46. The lowest BCUT2D eigenvalue weighted by Gasteiger charge is -2.27. The number of anilines is 2. The summed E-state index contributed by atoms with van der Waals surface area (Å²) in [5.41, 5.74) is 0.807. The van der Waals surface area contributed by atoms with Gasteiger partial charge in [0.2, 0.25) is 0 Å². The highest BCUT2D eigenvalue weighted by molar-refractivity contribution is 6.03. The summed E-state index contributed by atoms with van der Waals surface area (Å²) < 4.78 is 40.4. The number of ether oxygens (including phenoxy) is 2. The Bertz CT molecular complexity index is 1770. The lowest BCUT2D eigenvalue weighted by atomic mass is 9.91. The van der Waals surface area contributed by atoms with E-state index in [1.807, 2.05) is 0 Å². The van der Waals surface area contributed by atoms with Gasteiger partial charge in [-0.25, -0.2) is 23.5 Å². The molecule has 3 aromatic carbocycles. The molecule has 6 rings (SSSR count). The molecule has 2 unspecified atom stereocenters. The van der Waals surface area contributed by atoms with E-state index in [4.69, 9.17) is 9.47 Å². The van der Waals surface area contributed by atoms with Gasteiger partial charge in [-0.15, -0.1) is 0 Å². The first-order valence-electron chi connectivity index (χ1n) is 13.6. The van der Waals surface area contributed by atoms with E-state index in [-0.39, 0.29) is 36.2 Å². The van der Waals surface area contributed by atoms with Gasteiger partial charge in [-0.1, -0.05) is 18.2 Å². The van der Waals surface area contributed by atoms with Crippen LogP contribution in [0.4, 0.5) is 25.1 Å². The number of carbonyl (C=O) groups excluding carboxylic acids is 2. The van der Waals surface area contributed by atoms with E-state index in [1.165, 1.54) is 18.1 Å². The summed E-state index contributed by atoms with van der Waals surface area (Å²) in [6.45, 7) is 1.90. The molecule has 226 valence electrons. The van der Waals surface area contributed by atoms with E-state index >= 15 is 0 Å². The molecule has 4 aromatic rings. The lowest BCUT2D eigenvalue weighted by molar-refractivity contribution is 0.0765. The molecule has 2 aliphatic rings. The molecule has 13 heteroatoms. The Morgan fingerprint density at radius 2 is 1.75 bits per heavy atom.